The maximum atomic E-state index is 6.48. The van der Waals surface area contributed by atoms with Crippen molar-refractivity contribution in [1.82, 2.24) is 19.5 Å². The molecule has 1 unspecified atom stereocenters. The van der Waals surface area contributed by atoms with E-state index in [4.69, 9.17) is 16.6 Å². The van der Waals surface area contributed by atoms with Gasteiger partial charge in [-0.3, -0.25) is 4.90 Å². The molecule has 2 aromatic heterocycles. The van der Waals surface area contributed by atoms with Crippen LogP contribution in [-0.4, -0.2) is 53.2 Å². The van der Waals surface area contributed by atoms with Gasteiger partial charge in [-0.2, -0.15) is 9.61 Å². The fraction of sp³-hybridized carbons (Fsp3) is 0.308. The van der Waals surface area contributed by atoms with Crippen molar-refractivity contribution in [2.24, 2.45) is 5.92 Å². The van der Waals surface area contributed by atoms with Gasteiger partial charge in [0.25, 0.3) is 0 Å². The molecule has 1 fully saturated rings. The van der Waals surface area contributed by atoms with Crippen LogP contribution in [0.2, 0.25) is 5.02 Å². The molecule has 1 atom stereocenters. The van der Waals surface area contributed by atoms with Gasteiger partial charge in [0.05, 0.1) is 5.69 Å². The van der Waals surface area contributed by atoms with Crippen LogP contribution in [0.4, 0.5) is 5.82 Å². The van der Waals surface area contributed by atoms with Crippen LogP contribution in [0.25, 0.3) is 16.9 Å². The Labute approximate surface area is 211 Å². The molecule has 2 aromatic carbocycles. The van der Waals surface area contributed by atoms with Crippen LogP contribution in [0.3, 0.4) is 0 Å². The van der Waals surface area contributed by atoms with Gasteiger partial charge in [0.15, 0.2) is 5.65 Å². The van der Waals surface area contributed by atoms with Crippen molar-refractivity contribution < 1.29 is 0 Å². The van der Waals surface area contributed by atoms with Crippen molar-refractivity contribution in [3.8, 4) is 11.3 Å². The summed E-state index contributed by atoms with van der Waals surface area (Å²) in [6.07, 6.45) is 6.45. The smallest absolute Gasteiger partial charge is 0.151 e. The molecule has 0 saturated carbocycles. The maximum Gasteiger partial charge on any atom is 0.151 e. The van der Waals surface area contributed by atoms with E-state index in [9.17, 15) is 0 Å². The van der Waals surface area contributed by atoms with E-state index in [1.807, 2.05) is 42.8 Å². The van der Waals surface area contributed by atoms with Crippen LogP contribution in [0.5, 0.6) is 0 Å². The van der Waals surface area contributed by atoms with E-state index in [0.717, 1.165) is 54.4 Å². The van der Waals surface area contributed by atoms with E-state index in [0.29, 0.717) is 10.9 Å². The van der Waals surface area contributed by atoms with Gasteiger partial charge in [-0.25, -0.2) is 4.98 Å². The Bertz CT molecular complexity index is 1280. The molecule has 0 amide bonds. The van der Waals surface area contributed by atoms with E-state index < -0.39 is 0 Å². The van der Waals surface area contributed by atoms with Gasteiger partial charge in [0.2, 0.25) is 0 Å². The van der Waals surface area contributed by atoms with Crippen molar-refractivity contribution in [1.29, 1.82) is 0 Å². The highest BCUT2D eigenvalue weighted by atomic mass is 35.5. The van der Waals surface area contributed by atoms with Gasteiger partial charge in [-0.1, -0.05) is 41.9 Å². The summed E-state index contributed by atoms with van der Waals surface area (Å²) in [5.74, 6) is 1.54. The molecule has 1 N–H and O–H groups in total. The number of rotatable bonds is 7. The Balaban J connectivity index is 1.30. The van der Waals surface area contributed by atoms with Crippen molar-refractivity contribution in [3.05, 3.63) is 71.4 Å². The SMILES string of the molecule is Bc1cnn2c(NCC3CCCN(Cc4ccc(SC)cc4)C3)cc(-c3ccccc3Cl)nc12. The lowest BCUT2D eigenvalue weighted by Crippen LogP contribution is -2.37. The minimum atomic E-state index is 0.586. The number of likely N-dealkylation sites (tertiary alicyclic amines) is 1. The molecule has 1 aliphatic rings. The quantitative estimate of drug-likeness (QED) is 0.309. The summed E-state index contributed by atoms with van der Waals surface area (Å²) in [7, 11) is 2.04. The summed E-state index contributed by atoms with van der Waals surface area (Å²) >= 11 is 8.27. The third-order valence-electron chi connectivity index (χ3n) is 6.54. The number of anilines is 1. The molecule has 3 heterocycles. The lowest BCUT2D eigenvalue weighted by atomic mass is 9.97. The van der Waals surface area contributed by atoms with Crippen molar-refractivity contribution in [2.75, 3.05) is 31.2 Å². The van der Waals surface area contributed by atoms with Crippen LogP contribution in [-0.2, 0) is 6.54 Å². The van der Waals surface area contributed by atoms with Crippen LogP contribution >= 0.6 is 23.4 Å². The Morgan fingerprint density at radius 2 is 2.00 bits per heavy atom. The molecule has 34 heavy (non-hydrogen) atoms. The number of hydrogen-bond donors (Lipinski definition) is 1. The van der Waals surface area contributed by atoms with Crippen LogP contribution in [0, 0.1) is 5.92 Å². The summed E-state index contributed by atoms with van der Waals surface area (Å²) in [5, 5.41) is 8.96. The maximum absolute atomic E-state index is 6.48. The number of thioether (sulfide) groups is 1. The molecular weight excluding hydrogens is 461 g/mol. The van der Waals surface area contributed by atoms with Gasteiger partial charge in [-0.15, -0.1) is 11.8 Å². The fourth-order valence-corrected chi connectivity index (χ4v) is 5.35. The summed E-state index contributed by atoms with van der Waals surface area (Å²) in [6.45, 7) is 4.18. The Morgan fingerprint density at radius 3 is 2.79 bits per heavy atom. The molecule has 0 radical (unpaired) electrons. The summed E-state index contributed by atoms with van der Waals surface area (Å²) < 4.78 is 1.91. The summed E-state index contributed by atoms with van der Waals surface area (Å²) in [5.41, 5.74) is 5.10. The average Bonchev–Trinajstić information content (AvgIpc) is 3.24. The average molecular weight is 490 g/mol. The first-order valence-corrected chi connectivity index (χ1v) is 13.4. The predicted molar refractivity (Wildman–Crippen MR) is 146 cm³/mol. The van der Waals surface area contributed by atoms with Crippen molar-refractivity contribution in [2.45, 2.75) is 24.3 Å². The number of aromatic nitrogens is 3. The Hall–Kier alpha value is -2.48. The molecule has 1 saturated heterocycles. The van der Waals surface area contributed by atoms with Crippen molar-refractivity contribution >= 4 is 48.1 Å². The molecule has 0 spiro atoms. The third-order valence-corrected chi connectivity index (χ3v) is 7.61. The normalized spacial score (nSPS) is 16.7. The molecule has 4 aromatic rings. The van der Waals surface area contributed by atoms with E-state index >= 15 is 0 Å². The Kier molecular flexibility index (Phi) is 7.14. The summed E-state index contributed by atoms with van der Waals surface area (Å²) in [6, 6.07) is 18.9. The van der Waals surface area contributed by atoms with Gasteiger partial charge < -0.3 is 5.32 Å². The van der Waals surface area contributed by atoms with E-state index in [2.05, 4.69) is 51.9 Å². The van der Waals surface area contributed by atoms with Crippen molar-refractivity contribution in [3.63, 3.8) is 0 Å². The summed E-state index contributed by atoms with van der Waals surface area (Å²) in [4.78, 5) is 8.76. The number of nitrogens with zero attached hydrogens (tertiary/aromatic N) is 4. The molecule has 5 rings (SSSR count). The first kappa shape index (κ1) is 23.3. The molecule has 174 valence electrons. The molecule has 8 heteroatoms. The third kappa shape index (κ3) is 5.12. The number of halogens is 1. The fourth-order valence-electron chi connectivity index (χ4n) is 4.71. The van der Waals surface area contributed by atoms with Crippen LogP contribution < -0.4 is 10.8 Å². The molecule has 0 aliphatic carbocycles. The van der Waals surface area contributed by atoms with Gasteiger partial charge in [0, 0.05) is 47.4 Å². The lowest BCUT2D eigenvalue weighted by molar-refractivity contribution is 0.173. The zero-order valence-electron chi connectivity index (χ0n) is 19.7. The largest absolute Gasteiger partial charge is 0.370 e. The molecule has 5 nitrogen and oxygen atoms in total. The molecule has 1 aliphatic heterocycles. The highest BCUT2D eigenvalue weighted by molar-refractivity contribution is 7.98. The lowest BCUT2D eigenvalue weighted by Gasteiger charge is -2.33. The molecule has 0 bridgehead atoms. The standard InChI is InChI=1S/C26H29BClN5S/c1-34-20-10-8-18(9-11-20)16-32-12-4-5-19(17-32)14-29-25-13-24(21-6-2-3-7-23(21)28)31-26-22(27)15-30-33(25)26/h2-3,6-11,13,15,19,29H,4-5,12,14,16-17,27H2,1H3. The topological polar surface area (TPSA) is 45.5 Å². The van der Waals surface area contributed by atoms with Crippen LogP contribution in [0.15, 0.2) is 65.7 Å². The highest BCUT2D eigenvalue weighted by Crippen LogP contribution is 2.28. The highest BCUT2D eigenvalue weighted by Gasteiger charge is 2.21. The van der Waals surface area contributed by atoms with E-state index in [1.54, 1.807) is 11.8 Å². The van der Waals surface area contributed by atoms with Gasteiger partial charge in [-0.05, 0) is 60.8 Å². The van der Waals surface area contributed by atoms with Crippen LogP contribution in [0.1, 0.15) is 18.4 Å². The van der Waals surface area contributed by atoms with E-state index in [-0.39, 0.29) is 0 Å². The minimum Gasteiger partial charge on any atom is -0.370 e. The van der Waals surface area contributed by atoms with Gasteiger partial charge in [0.1, 0.15) is 13.7 Å². The zero-order chi connectivity index (χ0) is 23.5. The number of hydrogen-bond acceptors (Lipinski definition) is 5. The molecular formula is C26H29BClN5S. The first-order chi connectivity index (χ1) is 16.6. The second-order valence-electron chi connectivity index (χ2n) is 9.04. The first-order valence-electron chi connectivity index (χ1n) is 11.8. The Morgan fingerprint density at radius 1 is 1.18 bits per heavy atom. The number of fused-ring (bicyclic) bond motifs is 1. The van der Waals surface area contributed by atoms with Gasteiger partial charge >= 0.3 is 0 Å². The number of nitrogens with one attached hydrogen (secondary N) is 1. The minimum absolute atomic E-state index is 0.586. The monoisotopic (exact) mass is 489 g/mol. The van der Waals surface area contributed by atoms with E-state index in [1.165, 1.54) is 23.3 Å². The number of benzene rings is 2. The second kappa shape index (κ2) is 10.4. The zero-order valence-corrected chi connectivity index (χ0v) is 21.2. The predicted octanol–water partition coefficient (Wildman–Crippen LogP) is 4.35. The number of piperidine rings is 1. The second-order valence-corrected chi connectivity index (χ2v) is 10.3.